The van der Waals surface area contributed by atoms with E-state index < -0.39 is 6.17 Å². The van der Waals surface area contributed by atoms with Gasteiger partial charge < -0.3 is 4.74 Å². The molecule has 0 aromatic rings. The van der Waals surface area contributed by atoms with Gasteiger partial charge in [0.15, 0.2) is 0 Å². The Balaban J connectivity index is 2.00. The SMILES string of the molecule is F[C@H]1CN2CCC[C@@]2(COCI)C1. The molecule has 0 amide bonds. The molecule has 2 aliphatic rings. The van der Waals surface area contributed by atoms with Crippen LogP contribution in [0.15, 0.2) is 0 Å². The predicted octanol–water partition coefficient (Wildman–Crippen LogP) is 1.97. The molecule has 2 saturated heterocycles. The summed E-state index contributed by atoms with van der Waals surface area (Å²) in [6.45, 7) is 2.41. The average molecular weight is 299 g/mol. The van der Waals surface area contributed by atoms with Crippen LogP contribution >= 0.6 is 22.6 Å². The van der Waals surface area contributed by atoms with Gasteiger partial charge in [-0.2, -0.15) is 0 Å². The normalized spacial score (nSPS) is 39.7. The van der Waals surface area contributed by atoms with Gasteiger partial charge in [0.1, 0.15) is 6.17 Å². The Kier molecular flexibility index (Phi) is 3.10. The van der Waals surface area contributed by atoms with Gasteiger partial charge in [0.25, 0.3) is 0 Å². The predicted molar refractivity (Wildman–Crippen MR) is 57.9 cm³/mol. The van der Waals surface area contributed by atoms with Gasteiger partial charge >= 0.3 is 0 Å². The van der Waals surface area contributed by atoms with Crippen molar-refractivity contribution in [1.29, 1.82) is 0 Å². The van der Waals surface area contributed by atoms with Crippen LogP contribution in [0.2, 0.25) is 0 Å². The molecule has 2 heterocycles. The highest BCUT2D eigenvalue weighted by molar-refractivity contribution is 14.1. The Labute approximate surface area is 91.9 Å². The van der Waals surface area contributed by atoms with E-state index in [9.17, 15) is 4.39 Å². The molecule has 0 aromatic heterocycles. The topological polar surface area (TPSA) is 12.5 Å². The zero-order chi connectivity index (χ0) is 9.31. The van der Waals surface area contributed by atoms with Crippen LogP contribution in [0.3, 0.4) is 0 Å². The van der Waals surface area contributed by atoms with Crippen molar-refractivity contribution in [2.24, 2.45) is 0 Å². The molecule has 0 aromatic carbocycles. The molecule has 0 radical (unpaired) electrons. The lowest BCUT2D eigenvalue weighted by atomic mass is 9.95. The van der Waals surface area contributed by atoms with Crippen molar-refractivity contribution in [1.82, 2.24) is 4.90 Å². The third-order valence-corrected chi connectivity index (χ3v) is 3.65. The highest BCUT2D eigenvalue weighted by atomic mass is 127. The number of nitrogens with zero attached hydrogens (tertiary/aromatic N) is 1. The van der Waals surface area contributed by atoms with Crippen molar-refractivity contribution in [3.05, 3.63) is 0 Å². The monoisotopic (exact) mass is 299 g/mol. The Morgan fingerprint density at radius 1 is 1.62 bits per heavy atom. The van der Waals surface area contributed by atoms with Gasteiger partial charge in [0, 0.05) is 18.5 Å². The van der Waals surface area contributed by atoms with Crippen molar-refractivity contribution in [2.45, 2.75) is 31.0 Å². The van der Waals surface area contributed by atoms with Crippen molar-refractivity contribution >= 4 is 22.6 Å². The zero-order valence-electron chi connectivity index (χ0n) is 7.64. The number of fused-ring (bicyclic) bond motifs is 1. The van der Waals surface area contributed by atoms with Gasteiger partial charge in [-0.1, -0.05) is 22.6 Å². The minimum absolute atomic E-state index is 0.0601. The zero-order valence-corrected chi connectivity index (χ0v) is 9.80. The van der Waals surface area contributed by atoms with Gasteiger partial charge in [-0.25, -0.2) is 4.39 Å². The summed E-state index contributed by atoms with van der Waals surface area (Å²) >= 11 is 2.20. The van der Waals surface area contributed by atoms with E-state index >= 15 is 0 Å². The number of rotatable bonds is 3. The van der Waals surface area contributed by atoms with Crippen LogP contribution in [-0.4, -0.2) is 40.9 Å². The second-order valence-electron chi connectivity index (χ2n) is 4.03. The van der Waals surface area contributed by atoms with Crippen molar-refractivity contribution in [3.63, 3.8) is 0 Å². The van der Waals surface area contributed by atoms with E-state index in [4.69, 9.17) is 4.74 Å². The Hall–Kier alpha value is 0.580. The maximum absolute atomic E-state index is 13.2. The maximum Gasteiger partial charge on any atom is 0.115 e. The van der Waals surface area contributed by atoms with Crippen LogP contribution in [0, 0.1) is 0 Å². The number of alkyl halides is 2. The van der Waals surface area contributed by atoms with E-state index in [1.54, 1.807) is 0 Å². The van der Waals surface area contributed by atoms with E-state index in [1.165, 1.54) is 6.42 Å². The fraction of sp³-hybridized carbons (Fsp3) is 1.00. The molecule has 0 aliphatic carbocycles. The third-order valence-electron chi connectivity index (χ3n) is 3.21. The lowest BCUT2D eigenvalue weighted by Gasteiger charge is -2.30. The summed E-state index contributed by atoms with van der Waals surface area (Å²) in [6.07, 6.45) is 2.38. The maximum atomic E-state index is 13.2. The van der Waals surface area contributed by atoms with E-state index in [0.29, 0.717) is 17.6 Å². The summed E-state index contributed by atoms with van der Waals surface area (Å²) in [7, 11) is 0. The molecular weight excluding hydrogens is 284 g/mol. The third kappa shape index (κ3) is 1.85. The summed E-state index contributed by atoms with van der Waals surface area (Å²) in [4.78, 5) is 2.28. The first kappa shape index (κ1) is 10.1. The molecule has 4 heteroatoms. The number of hydrogen-bond donors (Lipinski definition) is 0. The van der Waals surface area contributed by atoms with E-state index in [1.807, 2.05) is 0 Å². The van der Waals surface area contributed by atoms with Crippen molar-refractivity contribution in [3.8, 4) is 0 Å². The number of hydrogen-bond acceptors (Lipinski definition) is 2. The minimum atomic E-state index is -0.627. The molecule has 2 aliphatic heterocycles. The number of ether oxygens (including phenoxy) is 1. The number of halogens is 2. The van der Waals surface area contributed by atoms with Crippen LogP contribution < -0.4 is 0 Å². The van der Waals surface area contributed by atoms with Crippen LogP contribution in [0.1, 0.15) is 19.3 Å². The van der Waals surface area contributed by atoms with Gasteiger partial charge in [-0.15, -0.1) is 0 Å². The summed E-state index contributed by atoms with van der Waals surface area (Å²) in [5, 5.41) is 0. The molecule has 2 nitrogen and oxygen atoms in total. The van der Waals surface area contributed by atoms with Gasteiger partial charge in [-0.05, 0) is 19.4 Å². The fourth-order valence-electron chi connectivity index (χ4n) is 2.68. The molecule has 2 fully saturated rings. The average Bonchev–Trinajstić information content (AvgIpc) is 2.57. The summed E-state index contributed by atoms with van der Waals surface area (Å²) in [5.41, 5.74) is 0.0601. The highest BCUT2D eigenvalue weighted by Gasteiger charge is 2.48. The van der Waals surface area contributed by atoms with Gasteiger partial charge in [0.05, 0.1) is 11.2 Å². The lowest BCUT2D eigenvalue weighted by molar-refractivity contribution is 0.0617. The highest BCUT2D eigenvalue weighted by Crippen LogP contribution is 2.40. The largest absolute Gasteiger partial charge is 0.369 e. The lowest BCUT2D eigenvalue weighted by Crippen LogP contribution is -2.42. The van der Waals surface area contributed by atoms with Crippen LogP contribution in [0.5, 0.6) is 0 Å². The first-order valence-corrected chi connectivity index (χ1v) is 6.32. The minimum Gasteiger partial charge on any atom is -0.369 e. The molecule has 0 spiro atoms. The van der Waals surface area contributed by atoms with Crippen molar-refractivity contribution < 1.29 is 9.13 Å². The first-order chi connectivity index (χ1) is 6.27. The van der Waals surface area contributed by atoms with Crippen LogP contribution in [0.25, 0.3) is 0 Å². The second-order valence-corrected chi connectivity index (χ2v) is 4.66. The smallest absolute Gasteiger partial charge is 0.115 e. The standard InChI is InChI=1S/C9H15FINO/c10-8-4-9(6-13-7-11)2-1-3-12(9)5-8/h8H,1-7H2/t8-,9+/m1/s1. The Morgan fingerprint density at radius 3 is 3.23 bits per heavy atom. The van der Waals surface area contributed by atoms with Gasteiger partial charge in [0.2, 0.25) is 0 Å². The summed E-state index contributed by atoms with van der Waals surface area (Å²) < 4.78 is 19.4. The molecular formula is C9H15FINO. The first-order valence-electron chi connectivity index (χ1n) is 4.80. The summed E-state index contributed by atoms with van der Waals surface area (Å²) in [5.74, 6) is 0. The van der Waals surface area contributed by atoms with E-state index in [2.05, 4.69) is 27.5 Å². The Bertz CT molecular complexity index is 192. The quantitative estimate of drug-likeness (QED) is 0.583. The van der Waals surface area contributed by atoms with E-state index in [-0.39, 0.29) is 5.54 Å². The summed E-state index contributed by atoms with van der Waals surface area (Å²) in [6, 6.07) is 0. The molecule has 0 N–H and O–H groups in total. The van der Waals surface area contributed by atoms with E-state index in [0.717, 1.165) is 19.6 Å². The molecule has 2 rings (SSSR count). The fourth-order valence-corrected chi connectivity index (χ4v) is 2.90. The molecule has 13 heavy (non-hydrogen) atoms. The van der Waals surface area contributed by atoms with Gasteiger partial charge in [-0.3, -0.25) is 4.90 Å². The molecule has 0 saturated carbocycles. The molecule has 76 valence electrons. The second kappa shape index (κ2) is 3.98. The molecule has 2 atom stereocenters. The van der Waals surface area contributed by atoms with Crippen LogP contribution in [-0.2, 0) is 4.74 Å². The molecule has 0 unspecified atom stereocenters. The van der Waals surface area contributed by atoms with Crippen molar-refractivity contribution in [2.75, 3.05) is 24.3 Å². The molecule has 0 bridgehead atoms. The Morgan fingerprint density at radius 2 is 2.46 bits per heavy atom. The van der Waals surface area contributed by atoms with Crippen LogP contribution in [0.4, 0.5) is 4.39 Å².